The van der Waals surface area contributed by atoms with Gasteiger partial charge in [0.05, 0.1) is 19.0 Å². The van der Waals surface area contributed by atoms with Crippen LogP contribution in [0.4, 0.5) is 10.5 Å². The largest absolute Gasteiger partial charge is 0.496 e. The molecule has 24 heavy (non-hydrogen) atoms. The zero-order valence-electron chi connectivity index (χ0n) is 14.5. The molecule has 128 valence electrons. The summed E-state index contributed by atoms with van der Waals surface area (Å²) in [6.45, 7) is 6.39. The molecular formula is C18H24N4O2. The molecule has 0 radical (unpaired) electrons. The highest BCUT2D eigenvalue weighted by Crippen LogP contribution is 2.28. The van der Waals surface area contributed by atoms with E-state index >= 15 is 0 Å². The van der Waals surface area contributed by atoms with Gasteiger partial charge in [0, 0.05) is 31.4 Å². The van der Waals surface area contributed by atoms with Crippen molar-refractivity contribution >= 4 is 11.7 Å². The number of nitrogens with zero attached hydrogens (tertiary/aromatic N) is 3. The summed E-state index contributed by atoms with van der Waals surface area (Å²) in [4.78, 5) is 14.3. The van der Waals surface area contributed by atoms with Gasteiger partial charge in [-0.1, -0.05) is 26.0 Å². The van der Waals surface area contributed by atoms with Crippen LogP contribution in [0.15, 0.2) is 30.6 Å². The average Bonchev–Trinajstić information content (AvgIpc) is 2.99. The Bertz CT molecular complexity index is 724. The maximum atomic E-state index is 12.5. The first-order valence-electron chi connectivity index (χ1n) is 8.30. The number of rotatable bonds is 4. The molecule has 0 spiro atoms. The molecular weight excluding hydrogens is 304 g/mol. The number of hydrogen-bond acceptors (Lipinski definition) is 3. The SMILES string of the molecule is COc1cccc2c1CCN(C(=O)Nc1cnn(CC(C)C)c1)C2. The van der Waals surface area contributed by atoms with E-state index < -0.39 is 0 Å². The van der Waals surface area contributed by atoms with Crippen molar-refractivity contribution in [1.29, 1.82) is 0 Å². The number of carbonyl (C=O) groups is 1. The third kappa shape index (κ3) is 3.53. The Morgan fingerprint density at radius 2 is 2.25 bits per heavy atom. The monoisotopic (exact) mass is 328 g/mol. The summed E-state index contributed by atoms with van der Waals surface area (Å²) in [5.41, 5.74) is 3.08. The van der Waals surface area contributed by atoms with Crippen LogP contribution in [0.5, 0.6) is 5.75 Å². The molecule has 1 N–H and O–H groups in total. The van der Waals surface area contributed by atoms with Gasteiger partial charge in [-0.15, -0.1) is 0 Å². The van der Waals surface area contributed by atoms with Gasteiger partial charge in [0.2, 0.25) is 0 Å². The van der Waals surface area contributed by atoms with Crippen molar-refractivity contribution < 1.29 is 9.53 Å². The molecule has 2 aromatic rings. The number of urea groups is 1. The van der Waals surface area contributed by atoms with E-state index in [1.807, 2.05) is 27.9 Å². The molecule has 1 aliphatic rings. The summed E-state index contributed by atoms with van der Waals surface area (Å²) >= 11 is 0. The van der Waals surface area contributed by atoms with Gasteiger partial charge in [-0.05, 0) is 24.0 Å². The first kappa shape index (κ1) is 16.4. The molecule has 0 saturated carbocycles. The molecule has 1 aromatic heterocycles. The number of nitrogens with one attached hydrogen (secondary N) is 1. The zero-order valence-corrected chi connectivity index (χ0v) is 14.5. The van der Waals surface area contributed by atoms with Crippen LogP contribution in [0.25, 0.3) is 0 Å². The van der Waals surface area contributed by atoms with Crippen LogP contribution < -0.4 is 10.1 Å². The molecule has 0 atom stereocenters. The number of methoxy groups -OCH3 is 1. The van der Waals surface area contributed by atoms with Gasteiger partial charge in [-0.2, -0.15) is 5.10 Å². The van der Waals surface area contributed by atoms with Crippen molar-refractivity contribution in [1.82, 2.24) is 14.7 Å². The minimum atomic E-state index is -0.0902. The fourth-order valence-electron chi connectivity index (χ4n) is 3.04. The van der Waals surface area contributed by atoms with Gasteiger partial charge >= 0.3 is 6.03 Å². The maximum Gasteiger partial charge on any atom is 0.322 e. The van der Waals surface area contributed by atoms with E-state index in [1.165, 1.54) is 5.56 Å². The lowest BCUT2D eigenvalue weighted by Crippen LogP contribution is -2.38. The fraction of sp³-hybridized carbons (Fsp3) is 0.444. The maximum absolute atomic E-state index is 12.5. The Labute approximate surface area is 142 Å². The van der Waals surface area contributed by atoms with Crippen LogP contribution in [0.1, 0.15) is 25.0 Å². The summed E-state index contributed by atoms with van der Waals surface area (Å²) in [5, 5.41) is 7.22. The smallest absolute Gasteiger partial charge is 0.322 e. The van der Waals surface area contributed by atoms with E-state index in [0.717, 1.165) is 30.0 Å². The van der Waals surface area contributed by atoms with Crippen molar-refractivity contribution in [3.63, 3.8) is 0 Å². The lowest BCUT2D eigenvalue weighted by Gasteiger charge is -2.29. The molecule has 0 unspecified atom stereocenters. The Balaban J connectivity index is 1.65. The van der Waals surface area contributed by atoms with Crippen LogP contribution in [0, 0.1) is 5.92 Å². The molecule has 0 bridgehead atoms. The normalized spacial score (nSPS) is 13.8. The minimum absolute atomic E-state index is 0.0902. The quantitative estimate of drug-likeness (QED) is 0.938. The van der Waals surface area contributed by atoms with Crippen molar-refractivity contribution in [2.75, 3.05) is 19.0 Å². The number of amides is 2. The second-order valence-corrected chi connectivity index (χ2v) is 6.54. The lowest BCUT2D eigenvalue weighted by molar-refractivity contribution is 0.206. The third-order valence-corrected chi connectivity index (χ3v) is 4.17. The van der Waals surface area contributed by atoms with E-state index in [2.05, 4.69) is 30.3 Å². The Hall–Kier alpha value is -2.50. The topological polar surface area (TPSA) is 59.4 Å². The second kappa shape index (κ2) is 6.95. The molecule has 6 heteroatoms. The molecule has 0 aliphatic carbocycles. The summed E-state index contributed by atoms with van der Waals surface area (Å²) in [5.74, 6) is 1.42. The highest BCUT2D eigenvalue weighted by Gasteiger charge is 2.23. The molecule has 0 saturated heterocycles. The van der Waals surface area contributed by atoms with Crippen molar-refractivity contribution in [3.8, 4) is 5.75 Å². The number of carbonyl (C=O) groups excluding carboxylic acids is 1. The second-order valence-electron chi connectivity index (χ2n) is 6.54. The van der Waals surface area contributed by atoms with Crippen LogP contribution >= 0.6 is 0 Å². The number of anilines is 1. The van der Waals surface area contributed by atoms with Crippen molar-refractivity contribution in [2.24, 2.45) is 5.92 Å². The average molecular weight is 328 g/mol. The minimum Gasteiger partial charge on any atom is -0.496 e. The molecule has 0 fully saturated rings. The molecule has 1 aliphatic heterocycles. The first-order chi connectivity index (χ1) is 11.6. The van der Waals surface area contributed by atoms with E-state index in [-0.39, 0.29) is 6.03 Å². The standard InChI is InChI=1S/C18H24N4O2/c1-13(2)10-22-12-15(9-19-22)20-18(23)21-8-7-16-14(11-21)5-4-6-17(16)24-3/h4-6,9,12-13H,7-8,10-11H2,1-3H3,(H,20,23). The number of ether oxygens (including phenoxy) is 1. The fourth-order valence-corrected chi connectivity index (χ4v) is 3.04. The zero-order chi connectivity index (χ0) is 17.1. The number of hydrogen-bond donors (Lipinski definition) is 1. The number of aromatic nitrogens is 2. The summed E-state index contributed by atoms with van der Waals surface area (Å²) in [6, 6.07) is 5.90. The van der Waals surface area contributed by atoms with Crippen LogP contribution in [0.2, 0.25) is 0 Å². The summed E-state index contributed by atoms with van der Waals surface area (Å²) in [7, 11) is 1.68. The van der Waals surface area contributed by atoms with E-state index in [1.54, 1.807) is 13.3 Å². The molecule has 1 aromatic carbocycles. The molecule has 2 heterocycles. The highest BCUT2D eigenvalue weighted by atomic mass is 16.5. The van der Waals surface area contributed by atoms with Crippen LogP contribution in [0.3, 0.4) is 0 Å². The summed E-state index contributed by atoms with van der Waals surface area (Å²) < 4.78 is 7.27. The van der Waals surface area contributed by atoms with E-state index in [4.69, 9.17) is 4.74 Å². The van der Waals surface area contributed by atoms with Gasteiger partial charge in [0.1, 0.15) is 5.75 Å². The Morgan fingerprint density at radius 3 is 3.00 bits per heavy atom. The van der Waals surface area contributed by atoms with Gasteiger partial charge in [0.15, 0.2) is 0 Å². The molecule has 6 nitrogen and oxygen atoms in total. The van der Waals surface area contributed by atoms with Crippen molar-refractivity contribution in [2.45, 2.75) is 33.4 Å². The molecule has 2 amide bonds. The van der Waals surface area contributed by atoms with Gasteiger partial charge in [-0.25, -0.2) is 4.79 Å². The Morgan fingerprint density at radius 1 is 1.42 bits per heavy atom. The third-order valence-electron chi connectivity index (χ3n) is 4.17. The lowest BCUT2D eigenvalue weighted by atomic mass is 9.99. The van der Waals surface area contributed by atoms with E-state index in [9.17, 15) is 4.79 Å². The van der Waals surface area contributed by atoms with Gasteiger partial charge < -0.3 is 15.0 Å². The van der Waals surface area contributed by atoms with Gasteiger partial charge in [-0.3, -0.25) is 4.68 Å². The van der Waals surface area contributed by atoms with Gasteiger partial charge in [0.25, 0.3) is 0 Å². The number of fused-ring (bicyclic) bond motifs is 1. The molecule has 3 rings (SSSR count). The summed E-state index contributed by atoms with van der Waals surface area (Å²) in [6.07, 6.45) is 4.37. The Kier molecular flexibility index (Phi) is 4.74. The van der Waals surface area contributed by atoms with E-state index in [0.29, 0.717) is 19.0 Å². The first-order valence-corrected chi connectivity index (χ1v) is 8.30. The highest BCUT2D eigenvalue weighted by molar-refractivity contribution is 5.89. The van der Waals surface area contributed by atoms with Crippen LogP contribution in [-0.2, 0) is 19.5 Å². The van der Waals surface area contributed by atoms with Crippen molar-refractivity contribution in [3.05, 3.63) is 41.7 Å². The predicted octanol–water partition coefficient (Wildman–Crippen LogP) is 3.14. The predicted molar refractivity (Wildman–Crippen MR) is 93.2 cm³/mol. The number of benzene rings is 1. The van der Waals surface area contributed by atoms with Crippen LogP contribution in [-0.4, -0.2) is 34.4 Å².